The minimum atomic E-state index is -0.247. The maximum absolute atomic E-state index is 12.7. The van der Waals surface area contributed by atoms with Crippen molar-refractivity contribution in [2.45, 2.75) is 32.9 Å². The molecule has 0 saturated carbocycles. The van der Waals surface area contributed by atoms with Crippen LogP contribution in [0.2, 0.25) is 5.02 Å². The molecule has 0 spiro atoms. The molecule has 5 nitrogen and oxygen atoms in total. The van der Waals surface area contributed by atoms with Crippen molar-refractivity contribution in [1.29, 1.82) is 0 Å². The Bertz CT molecular complexity index is 1090. The average molecular weight is 482 g/mol. The van der Waals surface area contributed by atoms with E-state index in [1.165, 1.54) is 29.7 Å². The van der Waals surface area contributed by atoms with Gasteiger partial charge in [0.1, 0.15) is 0 Å². The molecule has 172 valence electrons. The summed E-state index contributed by atoms with van der Waals surface area (Å²) >= 11 is 7.57. The zero-order valence-electron chi connectivity index (χ0n) is 18.6. The van der Waals surface area contributed by atoms with Crippen LogP contribution < -0.4 is 10.6 Å². The van der Waals surface area contributed by atoms with Crippen LogP contribution in [-0.2, 0) is 13.1 Å². The number of nitrogens with zero attached hydrogens (tertiary/aromatic N) is 1. The first kappa shape index (κ1) is 23.5. The van der Waals surface area contributed by atoms with Crippen molar-refractivity contribution in [2.24, 2.45) is 5.92 Å². The molecule has 1 fully saturated rings. The number of piperidine rings is 1. The van der Waals surface area contributed by atoms with E-state index >= 15 is 0 Å². The van der Waals surface area contributed by atoms with Crippen LogP contribution in [0.5, 0.6) is 0 Å². The smallest absolute Gasteiger partial charge is 0.265 e. The van der Waals surface area contributed by atoms with E-state index < -0.39 is 0 Å². The van der Waals surface area contributed by atoms with Crippen LogP contribution in [0.1, 0.15) is 50.9 Å². The largest absolute Gasteiger partial charge is 0.348 e. The molecule has 2 amide bonds. The number of anilines is 1. The average Bonchev–Trinajstić information content (AvgIpc) is 3.36. The molecule has 0 atom stereocenters. The SMILES string of the molecule is CC1CCN(Cc2ccc(CNC(=O)c3ccc(Cl)c(NC(=O)c4cccs4)c3)cc2)CC1. The molecule has 1 aliphatic rings. The monoisotopic (exact) mass is 481 g/mol. The van der Waals surface area contributed by atoms with Crippen LogP contribution >= 0.6 is 22.9 Å². The van der Waals surface area contributed by atoms with Gasteiger partial charge in [-0.1, -0.05) is 48.9 Å². The Labute approximate surface area is 203 Å². The van der Waals surface area contributed by atoms with Crippen molar-refractivity contribution in [3.63, 3.8) is 0 Å². The van der Waals surface area contributed by atoms with E-state index in [-0.39, 0.29) is 11.8 Å². The highest BCUT2D eigenvalue weighted by Crippen LogP contribution is 2.24. The highest BCUT2D eigenvalue weighted by Gasteiger charge is 2.16. The number of halogens is 1. The van der Waals surface area contributed by atoms with Gasteiger partial charge in [-0.25, -0.2) is 0 Å². The third-order valence-electron chi connectivity index (χ3n) is 5.98. The molecule has 33 heavy (non-hydrogen) atoms. The third kappa shape index (κ3) is 6.44. The lowest BCUT2D eigenvalue weighted by molar-refractivity contribution is 0.0949. The van der Waals surface area contributed by atoms with Gasteiger partial charge in [-0.2, -0.15) is 0 Å². The van der Waals surface area contributed by atoms with Crippen LogP contribution in [0.15, 0.2) is 60.0 Å². The van der Waals surface area contributed by atoms with Gasteiger partial charge in [0.2, 0.25) is 0 Å². The second-order valence-corrected chi connectivity index (χ2v) is 9.94. The maximum atomic E-state index is 12.7. The van der Waals surface area contributed by atoms with Crippen molar-refractivity contribution in [3.05, 3.63) is 86.6 Å². The Hall–Kier alpha value is -2.67. The van der Waals surface area contributed by atoms with Crippen molar-refractivity contribution in [1.82, 2.24) is 10.2 Å². The number of benzene rings is 2. The Morgan fingerprint density at radius 2 is 1.76 bits per heavy atom. The number of hydrogen-bond donors (Lipinski definition) is 2. The number of carbonyl (C=O) groups is 2. The molecule has 0 aliphatic carbocycles. The molecular weight excluding hydrogens is 454 g/mol. The fourth-order valence-corrected chi connectivity index (χ4v) is 4.66. The summed E-state index contributed by atoms with van der Waals surface area (Å²) in [6.45, 7) is 6.06. The second-order valence-electron chi connectivity index (χ2n) is 8.58. The molecule has 0 unspecified atom stereocenters. The van der Waals surface area contributed by atoms with Crippen LogP contribution in [0.4, 0.5) is 5.69 Å². The predicted octanol–water partition coefficient (Wildman–Crippen LogP) is 5.82. The quantitative estimate of drug-likeness (QED) is 0.447. The van der Waals surface area contributed by atoms with Crippen molar-refractivity contribution in [2.75, 3.05) is 18.4 Å². The molecule has 2 N–H and O–H groups in total. The van der Waals surface area contributed by atoms with Crippen molar-refractivity contribution < 1.29 is 9.59 Å². The number of rotatable bonds is 7. The summed E-state index contributed by atoms with van der Waals surface area (Å²) in [4.78, 5) is 28.1. The number of amides is 2. The standard InChI is InChI=1S/C26H28ClN3O2S/c1-18-10-12-30(13-11-18)17-20-6-4-19(5-7-20)16-28-25(31)21-8-9-22(27)23(15-21)29-26(32)24-3-2-14-33-24/h2-9,14-15,18H,10-13,16-17H2,1H3,(H,28,31)(H,29,32). The van der Waals surface area contributed by atoms with Crippen LogP contribution in [0.25, 0.3) is 0 Å². The lowest BCUT2D eigenvalue weighted by Gasteiger charge is -2.30. The first-order chi connectivity index (χ1) is 16.0. The van der Waals surface area contributed by atoms with E-state index in [0.29, 0.717) is 27.7 Å². The van der Waals surface area contributed by atoms with Gasteiger partial charge in [-0.3, -0.25) is 14.5 Å². The van der Waals surface area contributed by atoms with Gasteiger partial charge in [0.25, 0.3) is 11.8 Å². The summed E-state index contributed by atoms with van der Waals surface area (Å²) in [6, 6.07) is 16.8. The summed E-state index contributed by atoms with van der Waals surface area (Å²) in [5.41, 5.74) is 3.19. The molecule has 0 radical (unpaired) electrons. The van der Waals surface area contributed by atoms with Crippen molar-refractivity contribution >= 4 is 40.4 Å². The molecule has 1 aliphatic heterocycles. The normalized spacial score (nSPS) is 14.7. The number of hydrogen-bond acceptors (Lipinski definition) is 4. The van der Waals surface area contributed by atoms with Gasteiger partial charge in [-0.15, -0.1) is 11.3 Å². The molecule has 1 aromatic heterocycles. The van der Waals surface area contributed by atoms with Crippen LogP contribution in [0.3, 0.4) is 0 Å². The van der Waals surface area contributed by atoms with E-state index in [9.17, 15) is 9.59 Å². The van der Waals surface area contributed by atoms with E-state index in [1.54, 1.807) is 24.3 Å². The molecule has 1 saturated heterocycles. The van der Waals surface area contributed by atoms with Crippen LogP contribution in [-0.4, -0.2) is 29.8 Å². The Morgan fingerprint density at radius 1 is 1.03 bits per heavy atom. The highest BCUT2D eigenvalue weighted by molar-refractivity contribution is 7.12. The summed E-state index contributed by atoms with van der Waals surface area (Å²) in [5, 5.41) is 7.94. The Morgan fingerprint density at radius 3 is 2.45 bits per heavy atom. The summed E-state index contributed by atoms with van der Waals surface area (Å²) in [6.07, 6.45) is 2.54. The van der Waals surface area contributed by atoms with Gasteiger partial charge < -0.3 is 10.6 Å². The topological polar surface area (TPSA) is 61.4 Å². The molecular formula is C26H28ClN3O2S. The van der Waals surface area contributed by atoms with E-state index in [4.69, 9.17) is 11.6 Å². The van der Waals surface area contributed by atoms with Gasteiger partial charge in [0.15, 0.2) is 0 Å². The van der Waals surface area contributed by atoms with E-state index in [0.717, 1.165) is 31.1 Å². The number of carbonyl (C=O) groups excluding carboxylic acids is 2. The first-order valence-electron chi connectivity index (χ1n) is 11.2. The predicted molar refractivity (Wildman–Crippen MR) is 135 cm³/mol. The molecule has 3 aromatic rings. The van der Waals surface area contributed by atoms with Gasteiger partial charge in [0, 0.05) is 18.7 Å². The molecule has 0 bridgehead atoms. The first-order valence-corrected chi connectivity index (χ1v) is 12.5. The third-order valence-corrected chi connectivity index (χ3v) is 7.18. The summed E-state index contributed by atoms with van der Waals surface area (Å²) in [5.74, 6) is 0.370. The molecule has 2 heterocycles. The van der Waals surface area contributed by atoms with E-state index in [2.05, 4.69) is 46.7 Å². The van der Waals surface area contributed by atoms with Gasteiger partial charge in [-0.05, 0) is 72.6 Å². The fraction of sp³-hybridized carbons (Fsp3) is 0.308. The number of nitrogens with one attached hydrogen (secondary N) is 2. The zero-order chi connectivity index (χ0) is 23.2. The Balaban J connectivity index is 1.31. The molecule has 7 heteroatoms. The number of thiophene rings is 1. The number of likely N-dealkylation sites (tertiary alicyclic amines) is 1. The lowest BCUT2D eigenvalue weighted by atomic mass is 9.99. The minimum absolute atomic E-state index is 0.218. The maximum Gasteiger partial charge on any atom is 0.265 e. The van der Waals surface area contributed by atoms with Gasteiger partial charge in [0.05, 0.1) is 15.6 Å². The van der Waals surface area contributed by atoms with Gasteiger partial charge >= 0.3 is 0 Å². The molecule has 4 rings (SSSR count). The van der Waals surface area contributed by atoms with E-state index in [1.807, 2.05) is 11.4 Å². The Kier molecular flexibility index (Phi) is 7.81. The van der Waals surface area contributed by atoms with Crippen molar-refractivity contribution in [3.8, 4) is 0 Å². The fourth-order valence-electron chi connectivity index (χ4n) is 3.88. The second kappa shape index (κ2) is 11.0. The molecule has 2 aromatic carbocycles. The van der Waals surface area contributed by atoms with Crippen LogP contribution in [0, 0.1) is 5.92 Å². The summed E-state index contributed by atoms with van der Waals surface area (Å²) in [7, 11) is 0. The highest BCUT2D eigenvalue weighted by atomic mass is 35.5. The summed E-state index contributed by atoms with van der Waals surface area (Å²) < 4.78 is 0. The lowest BCUT2D eigenvalue weighted by Crippen LogP contribution is -2.32. The minimum Gasteiger partial charge on any atom is -0.348 e. The zero-order valence-corrected chi connectivity index (χ0v) is 20.2.